The van der Waals surface area contributed by atoms with Crippen molar-refractivity contribution < 1.29 is 24.4 Å². The Morgan fingerprint density at radius 2 is 1.91 bits per heavy atom. The lowest BCUT2D eigenvalue weighted by molar-refractivity contribution is -0.647. The Morgan fingerprint density at radius 3 is 2.61 bits per heavy atom. The third kappa shape index (κ3) is 2.74. The number of quaternary nitrogens is 1. The maximum atomic E-state index is 12.2. The van der Waals surface area contributed by atoms with Gasteiger partial charge in [-0.15, -0.1) is 5.43 Å². The molecule has 0 amide bonds. The molecule has 6 nitrogen and oxygen atoms in total. The monoisotopic (exact) mass is 315 g/mol. The number of cyclic esters (lactones) is 1. The molecule has 2 aromatic rings. The minimum Gasteiger partial charge on any atom is -0.493 e. The molecule has 1 heterocycles. The van der Waals surface area contributed by atoms with E-state index in [0.29, 0.717) is 17.1 Å². The Hall–Kier alpha value is -2.57. The van der Waals surface area contributed by atoms with Gasteiger partial charge in [0.15, 0.2) is 17.2 Å². The first-order chi connectivity index (χ1) is 11.2. The zero-order valence-electron chi connectivity index (χ0n) is 13.3. The number of carbonyl (C=O) groups is 1. The lowest BCUT2D eigenvalue weighted by Gasteiger charge is -2.13. The van der Waals surface area contributed by atoms with Crippen molar-refractivity contribution in [1.82, 2.24) is 5.43 Å². The van der Waals surface area contributed by atoms with Gasteiger partial charge in [0, 0.05) is 17.2 Å². The van der Waals surface area contributed by atoms with Gasteiger partial charge in [0.2, 0.25) is 6.23 Å². The smallest absolute Gasteiger partial charge is 0.344 e. The van der Waals surface area contributed by atoms with Crippen LogP contribution in [-0.2, 0) is 4.74 Å². The predicted molar refractivity (Wildman–Crippen MR) is 83.6 cm³/mol. The molecule has 0 spiro atoms. The molecule has 0 aliphatic carbocycles. The molecule has 6 heteroatoms. The summed E-state index contributed by atoms with van der Waals surface area (Å²) >= 11 is 0. The molecular weight excluding hydrogens is 296 g/mol. The highest BCUT2D eigenvalue weighted by Crippen LogP contribution is 2.40. The highest BCUT2D eigenvalue weighted by atomic mass is 16.6. The van der Waals surface area contributed by atoms with Crippen molar-refractivity contribution in [3.63, 3.8) is 0 Å². The zero-order chi connectivity index (χ0) is 16.4. The number of para-hydroxylation sites is 1. The lowest BCUT2D eigenvalue weighted by atomic mass is 10.1. The summed E-state index contributed by atoms with van der Waals surface area (Å²) in [4.78, 5) is 12.2. The minimum absolute atomic E-state index is 0.398. The van der Waals surface area contributed by atoms with Crippen LogP contribution < -0.4 is 20.3 Å². The molecule has 120 valence electrons. The fourth-order valence-electron chi connectivity index (χ4n) is 2.64. The molecule has 1 atom stereocenters. The number of nitrogens with two attached hydrogens (primary N) is 1. The Kier molecular flexibility index (Phi) is 4.18. The molecule has 0 saturated carbocycles. The van der Waals surface area contributed by atoms with Crippen LogP contribution in [0.15, 0.2) is 36.4 Å². The lowest BCUT2D eigenvalue weighted by Crippen LogP contribution is -2.88. The van der Waals surface area contributed by atoms with E-state index in [1.54, 1.807) is 6.07 Å². The molecule has 0 saturated heterocycles. The fourth-order valence-corrected chi connectivity index (χ4v) is 2.64. The molecule has 1 unspecified atom stereocenters. The standard InChI is InChI=1S/C17H18N2O4/c1-10-6-4-5-7-12(10)18-19-16-11-8-9-13(21-2)15(22-3)14(11)17(20)23-16/h4-9,16,18-19H,1-3H3/p+1. The van der Waals surface area contributed by atoms with Crippen molar-refractivity contribution >= 4 is 11.7 Å². The van der Waals surface area contributed by atoms with E-state index >= 15 is 0 Å². The third-order valence-electron chi connectivity index (χ3n) is 3.87. The number of fused-ring (bicyclic) bond motifs is 1. The molecule has 0 bridgehead atoms. The SMILES string of the molecule is COc1ccc2c(c1OC)C(=O)OC2N[NH2+]c1ccccc1C. The zero-order valence-corrected chi connectivity index (χ0v) is 13.3. The summed E-state index contributed by atoms with van der Waals surface area (Å²) in [5.74, 6) is 0.480. The highest BCUT2D eigenvalue weighted by molar-refractivity contribution is 5.98. The minimum atomic E-state index is -0.545. The second-order valence-corrected chi connectivity index (χ2v) is 5.22. The van der Waals surface area contributed by atoms with Crippen LogP contribution >= 0.6 is 0 Å². The number of hydrogen-bond donors (Lipinski definition) is 2. The number of aryl methyl sites for hydroxylation is 1. The number of rotatable bonds is 5. The summed E-state index contributed by atoms with van der Waals surface area (Å²) in [7, 11) is 3.04. The van der Waals surface area contributed by atoms with E-state index in [1.807, 2.05) is 42.7 Å². The van der Waals surface area contributed by atoms with Crippen molar-refractivity contribution in [2.24, 2.45) is 0 Å². The van der Waals surface area contributed by atoms with Gasteiger partial charge >= 0.3 is 5.97 Å². The van der Waals surface area contributed by atoms with Crippen molar-refractivity contribution in [3.05, 3.63) is 53.1 Å². The predicted octanol–water partition coefficient (Wildman–Crippen LogP) is 1.58. The number of benzene rings is 2. The van der Waals surface area contributed by atoms with Crippen molar-refractivity contribution in [3.8, 4) is 11.5 Å². The second kappa shape index (κ2) is 6.28. The van der Waals surface area contributed by atoms with Crippen LogP contribution in [0, 0.1) is 6.92 Å². The van der Waals surface area contributed by atoms with Gasteiger partial charge in [-0.25, -0.2) is 10.2 Å². The summed E-state index contributed by atoms with van der Waals surface area (Å²) in [5.41, 5.74) is 8.31. The topological polar surface area (TPSA) is 73.4 Å². The molecule has 2 aromatic carbocycles. The third-order valence-corrected chi connectivity index (χ3v) is 3.87. The Labute approximate surface area is 134 Å². The van der Waals surface area contributed by atoms with Gasteiger partial charge in [-0.05, 0) is 19.1 Å². The Balaban J connectivity index is 1.86. The molecule has 0 aromatic heterocycles. The van der Waals surface area contributed by atoms with E-state index in [4.69, 9.17) is 14.2 Å². The van der Waals surface area contributed by atoms with E-state index in [2.05, 4.69) is 5.43 Å². The number of carbonyl (C=O) groups excluding carboxylic acids is 1. The molecule has 1 aliphatic heterocycles. The maximum Gasteiger partial charge on any atom is 0.344 e. The first-order valence-electron chi connectivity index (χ1n) is 7.26. The van der Waals surface area contributed by atoms with E-state index in [9.17, 15) is 4.79 Å². The van der Waals surface area contributed by atoms with Crippen molar-refractivity contribution in [1.29, 1.82) is 0 Å². The Bertz CT molecular complexity index is 745. The highest BCUT2D eigenvalue weighted by Gasteiger charge is 2.36. The van der Waals surface area contributed by atoms with E-state index < -0.39 is 12.2 Å². The molecule has 0 fully saturated rings. The summed E-state index contributed by atoms with van der Waals surface area (Å²) in [6.45, 7) is 2.02. The van der Waals surface area contributed by atoms with Gasteiger partial charge in [0.25, 0.3) is 0 Å². The van der Waals surface area contributed by atoms with E-state index in [1.165, 1.54) is 14.2 Å². The van der Waals surface area contributed by atoms with Crippen LogP contribution in [-0.4, -0.2) is 20.2 Å². The van der Waals surface area contributed by atoms with Crippen LogP contribution in [0.4, 0.5) is 5.69 Å². The summed E-state index contributed by atoms with van der Waals surface area (Å²) in [5, 5.41) is 0. The van der Waals surface area contributed by atoms with Crippen molar-refractivity contribution in [2.75, 3.05) is 14.2 Å². The van der Waals surface area contributed by atoms with Gasteiger partial charge in [0.1, 0.15) is 5.56 Å². The van der Waals surface area contributed by atoms with Crippen LogP contribution in [0.5, 0.6) is 11.5 Å². The number of methoxy groups -OCH3 is 2. The number of hydrogen-bond acceptors (Lipinski definition) is 5. The second-order valence-electron chi connectivity index (χ2n) is 5.22. The normalized spacial score (nSPS) is 16.0. The molecule has 1 aliphatic rings. The van der Waals surface area contributed by atoms with Gasteiger partial charge in [-0.2, -0.15) is 0 Å². The first-order valence-corrected chi connectivity index (χ1v) is 7.26. The van der Waals surface area contributed by atoms with Crippen LogP contribution in [0.25, 0.3) is 0 Å². The van der Waals surface area contributed by atoms with Gasteiger partial charge in [-0.1, -0.05) is 18.2 Å². The first kappa shape index (κ1) is 15.3. The summed E-state index contributed by atoms with van der Waals surface area (Å²) in [6.07, 6.45) is -0.545. The van der Waals surface area contributed by atoms with E-state index in [-0.39, 0.29) is 0 Å². The Morgan fingerprint density at radius 1 is 1.13 bits per heavy atom. The van der Waals surface area contributed by atoms with Gasteiger partial charge in [0.05, 0.1) is 14.2 Å². The molecular formula is C17H19N2O4+. The fraction of sp³-hybridized carbons (Fsp3) is 0.235. The maximum absolute atomic E-state index is 12.2. The number of esters is 1. The van der Waals surface area contributed by atoms with Crippen LogP contribution in [0.3, 0.4) is 0 Å². The average Bonchev–Trinajstić information content (AvgIpc) is 2.89. The molecule has 0 radical (unpaired) electrons. The van der Waals surface area contributed by atoms with Crippen molar-refractivity contribution in [2.45, 2.75) is 13.2 Å². The quantitative estimate of drug-likeness (QED) is 0.379. The van der Waals surface area contributed by atoms with Crippen LogP contribution in [0.1, 0.15) is 27.7 Å². The molecule has 3 N–H and O–H groups in total. The van der Waals surface area contributed by atoms with E-state index in [0.717, 1.165) is 16.8 Å². The number of ether oxygens (including phenoxy) is 3. The average molecular weight is 315 g/mol. The van der Waals surface area contributed by atoms with Gasteiger partial charge in [-0.3, -0.25) is 0 Å². The number of nitrogens with one attached hydrogen (secondary N) is 1. The summed E-state index contributed by atoms with van der Waals surface area (Å²) < 4.78 is 16.0. The molecule has 23 heavy (non-hydrogen) atoms. The summed E-state index contributed by atoms with van der Waals surface area (Å²) in [6, 6.07) is 11.5. The molecule has 3 rings (SSSR count). The largest absolute Gasteiger partial charge is 0.493 e. The van der Waals surface area contributed by atoms with Gasteiger partial charge < -0.3 is 14.2 Å². The van der Waals surface area contributed by atoms with Crippen LogP contribution in [0.2, 0.25) is 0 Å².